The van der Waals surface area contributed by atoms with E-state index in [1.165, 1.54) is 212 Å². The zero-order valence-corrected chi connectivity index (χ0v) is 88.8. The Morgan fingerprint density at radius 1 is 0.276 bits per heavy atom. The Bertz CT molecular complexity index is 8170. The van der Waals surface area contributed by atoms with Gasteiger partial charge in [0.15, 0.2) is 5.76 Å². The smallest absolute Gasteiger partial charge is 0.158 e. The maximum absolute atomic E-state index is 10.4. The van der Waals surface area contributed by atoms with Crippen molar-refractivity contribution in [1.82, 2.24) is 29.9 Å². The number of pyridine rings is 6. The number of aryl methyl sites for hydroxylation is 14. The van der Waals surface area contributed by atoms with E-state index in [1.54, 1.807) is 32.0 Å². The number of hydrogen-bond donors (Lipinski definition) is 8. The highest BCUT2D eigenvalue weighted by Crippen LogP contribution is 2.44. The second-order valence-electron chi connectivity index (χ2n) is 39.1. The molecule has 20 aromatic rings. The van der Waals surface area contributed by atoms with Gasteiger partial charge in [-0.25, -0.2) is 29.9 Å². The van der Waals surface area contributed by atoms with Gasteiger partial charge in [0.1, 0.15) is 34.5 Å². The number of aromatic nitrogens is 6. The van der Waals surface area contributed by atoms with E-state index >= 15 is 0 Å². The number of benzene rings is 14. The molecular weight excluding hydrogens is 1840 g/mol. The van der Waals surface area contributed by atoms with E-state index in [9.17, 15) is 35.7 Å². The Morgan fingerprint density at radius 2 is 0.703 bits per heavy atom. The number of fused-ring (bicyclic) bond motifs is 18. The fourth-order valence-corrected chi connectivity index (χ4v) is 20.4. The van der Waals surface area contributed by atoms with E-state index in [1.807, 2.05) is 113 Å². The van der Waals surface area contributed by atoms with Crippen LogP contribution in [0.5, 0.6) is 34.5 Å². The van der Waals surface area contributed by atoms with Crippen LogP contribution in [-0.2, 0) is 38.5 Å². The molecule has 0 saturated heterocycles. The summed E-state index contributed by atoms with van der Waals surface area (Å²) in [5.41, 5.74) is 23.0. The molecule has 740 valence electrons. The molecule has 6 aromatic heterocycles. The summed E-state index contributed by atoms with van der Waals surface area (Å²) in [5.74, 6) is 1.05. The van der Waals surface area contributed by atoms with Gasteiger partial charge in [-0.3, -0.25) is 0 Å². The number of allylic oxidation sites excluding steroid dienone is 2. The highest BCUT2D eigenvalue weighted by atomic mass is 32.1. The number of hydrogen-bond acceptors (Lipinski definition) is 16. The lowest BCUT2D eigenvalue weighted by atomic mass is 9.87. The standard InChI is InChI=1S/C28H33NO.2C26H29NO.C21H19NO2S.C15H13NO.C13H11NOS2/c1-4-6-8-10-20-12-14-22-24(16-20)25-17-21(11-9-7-5-2)13-15-23(25)28-26(22)18-27(30)19(3)29-28;1-4-6-10-21-19-12-8-9-13-20(19)22(11-7-5-2)24-16-25-18(14-23(21)24)15-26(28)17(3)27-25;1-3-4-5-6-7-8-13-21-15-22-14-19-11-9-10-12-20(19)16-23(22)24-17-25(28)18(2)27-26(21)24;1-12-4-5-15(8-13(12)2)21(20(24)11-25)16-6-7-18-17(9-16)10-19(23)14(3)22-18;1-9-7-14-13(8-15(17)10(2)16-14)12-6-4-3-5-11(9)12;1-8-13(15)6-10-4-9(5-11(17)7-16)2-3-12(10)14-8/h12-18,30H,4-11H2,1-3H3;8-9,12-16,28H,4-7,10-11H2,1-3H3;9-12,14-17,28H,3-8,13H2,1-2H3;4-10,21,23-24H,1-3H3;3-8,17H,1-2H3;2-4,6,15,17H,5H2,1H3. The summed E-state index contributed by atoms with van der Waals surface area (Å²) in [7, 11) is 0. The number of aliphatic hydroxyl groups excluding tert-OH is 1. The van der Waals surface area contributed by atoms with Crippen LogP contribution in [0.15, 0.2) is 247 Å². The number of aliphatic hydroxyl groups is 1. The lowest BCUT2D eigenvalue weighted by Gasteiger charge is -2.18. The predicted molar refractivity (Wildman–Crippen MR) is 622 cm³/mol. The summed E-state index contributed by atoms with van der Waals surface area (Å²) in [5, 5.41) is 99.1. The lowest BCUT2D eigenvalue weighted by molar-refractivity contribution is 0.392. The topological polar surface area (TPSA) is 219 Å². The molecule has 1 atom stereocenters. The predicted octanol–water partition coefficient (Wildman–Crippen LogP) is 34.7. The SMILES string of the molecule is CCCCCCCCc1cc2cc3ccccc3cc2c2cc(O)c(C)nc12.CCCCCc1ccc2c(c1)c1cc(CCCCC)ccc1c1nc(C)c(O)cc21.CCCCc1c2ccccc2c(CCCC)c2cc3nc(C)c(O)cc3cc12.Cc1ccc(C(C(O)=C=S)c2ccc3nc(C)c(O)cc3c2)cc1C.Cc1nc2cc(C)c3ccccc3c2cc1O.Cc1nc2ccc(CC(S)=C=S)cc2cc1O. The Morgan fingerprint density at radius 3 is 1.28 bits per heavy atom. The molecule has 13 nitrogen and oxygen atoms in total. The van der Waals surface area contributed by atoms with E-state index in [-0.39, 0.29) is 40.3 Å². The highest BCUT2D eigenvalue weighted by Gasteiger charge is 2.24. The molecule has 14 aromatic carbocycles. The summed E-state index contributed by atoms with van der Waals surface area (Å²) in [6.07, 6.45) is 26.1. The number of rotatable bonds is 26. The van der Waals surface area contributed by atoms with Crippen molar-refractivity contribution in [2.75, 3.05) is 0 Å². The van der Waals surface area contributed by atoms with Gasteiger partial charge >= 0.3 is 0 Å². The third-order valence-corrected chi connectivity index (χ3v) is 29.3. The van der Waals surface area contributed by atoms with Crippen molar-refractivity contribution in [3.8, 4) is 34.5 Å². The monoisotopic (exact) mass is 1970 g/mol. The normalized spacial score (nSPS) is 11.5. The highest BCUT2D eigenvalue weighted by molar-refractivity contribution is 7.87. The zero-order valence-electron chi connectivity index (χ0n) is 86.2. The number of unbranched alkanes of at least 4 members (excludes halogenated alkanes) is 11. The Kier molecular flexibility index (Phi) is 35.3. The molecule has 0 aliphatic rings. The van der Waals surface area contributed by atoms with Crippen molar-refractivity contribution in [3.05, 3.63) is 343 Å². The molecule has 16 heteroatoms. The quantitative estimate of drug-likeness (QED) is 0.00631. The van der Waals surface area contributed by atoms with E-state index in [0.29, 0.717) is 40.6 Å². The molecule has 0 fully saturated rings. The van der Waals surface area contributed by atoms with Crippen LogP contribution in [-0.4, -0.2) is 75.7 Å². The molecular formula is C129H134N6O7S3. The molecule has 0 bridgehead atoms. The van der Waals surface area contributed by atoms with Crippen LogP contribution in [0.4, 0.5) is 0 Å². The summed E-state index contributed by atoms with van der Waals surface area (Å²) < 4.78 is 0. The lowest BCUT2D eigenvalue weighted by Crippen LogP contribution is -2.06. The van der Waals surface area contributed by atoms with Gasteiger partial charge in [-0.05, 0) is 389 Å². The summed E-state index contributed by atoms with van der Waals surface area (Å²) in [6.45, 7) is 28.4. The Hall–Kier alpha value is -14.0. The zero-order chi connectivity index (χ0) is 103. The molecule has 20 rings (SSSR count). The fourth-order valence-electron chi connectivity index (χ4n) is 20.0. The largest absolute Gasteiger partial charge is 0.506 e. The number of thiocarbonyl (C=S) groups is 2. The van der Waals surface area contributed by atoms with Crippen molar-refractivity contribution in [3.63, 3.8) is 0 Å². The van der Waals surface area contributed by atoms with Crippen LogP contribution in [0.3, 0.4) is 0 Å². The molecule has 7 N–H and O–H groups in total. The maximum atomic E-state index is 10.4. The van der Waals surface area contributed by atoms with Crippen molar-refractivity contribution in [2.45, 2.75) is 244 Å². The van der Waals surface area contributed by atoms with Crippen LogP contribution in [0.25, 0.3) is 141 Å². The van der Waals surface area contributed by atoms with E-state index in [0.717, 1.165) is 130 Å². The van der Waals surface area contributed by atoms with E-state index < -0.39 is 5.92 Å². The van der Waals surface area contributed by atoms with Gasteiger partial charge < -0.3 is 35.7 Å². The molecule has 145 heavy (non-hydrogen) atoms. The number of nitrogens with zero attached hydrogens (tertiary/aromatic N) is 6. The van der Waals surface area contributed by atoms with Crippen molar-refractivity contribution in [1.29, 1.82) is 0 Å². The summed E-state index contributed by atoms with van der Waals surface area (Å²) in [4.78, 5) is 28.1. The molecule has 1 unspecified atom stereocenters. The van der Waals surface area contributed by atoms with Gasteiger partial charge in [0.05, 0.1) is 73.2 Å². The third kappa shape index (κ3) is 24.7. The summed E-state index contributed by atoms with van der Waals surface area (Å²) >= 11 is 13.8. The first-order valence-corrected chi connectivity index (χ1v) is 52.9. The van der Waals surface area contributed by atoms with Gasteiger partial charge in [0.2, 0.25) is 0 Å². The van der Waals surface area contributed by atoms with Crippen LogP contribution in [0.1, 0.15) is 239 Å². The van der Waals surface area contributed by atoms with Crippen molar-refractivity contribution >= 4 is 188 Å². The molecule has 0 radical (unpaired) electrons. The third-order valence-electron chi connectivity index (χ3n) is 28.4. The van der Waals surface area contributed by atoms with Gasteiger partial charge in [-0.1, -0.05) is 245 Å². The molecule has 0 spiro atoms. The Balaban J connectivity index is 0.000000132. The number of aromatic hydroxyl groups is 6. The molecule has 0 aliphatic heterocycles. The van der Waals surface area contributed by atoms with Crippen LogP contribution >= 0.6 is 37.1 Å². The fraction of sp³-hybridized carbons (Fsp3) is 0.287. The summed E-state index contributed by atoms with van der Waals surface area (Å²) in [6, 6.07) is 81.3. The van der Waals surface area contributed by atoms with Crippen molar-refractivity contribution < 1.29 is 35.7 Å². The first kappa shape index (κ1) is 105. The van der Waals surface area contributed by atoms with Gasteiger partial charge in [-0.15, -0.1) is 12.6 Å². The minimum atomic E-state index is -0.398. The van der Waals surface area contributed by atoms with E-state index in [2.05, 4.69) is 231 Å². The second kappa shape index (κ2) is 48.6. The molecule has 0 amide bonds. The van der Waals surface area contributed by atoms with Gasteiger partial charge in [0.25, 0.3) is 0 Å². The molecule has 0 aliphatic carbocycles. The Labute approximate surface area is 868 Å². The first-order chi connectivity index (χ1) is 70.1. The number of thiol groups is 1. The van der Waals surface area contributed by atoms with Crippen LogP contribution in [0, 0.1) is 62.3 Å². The van der Waals surface area contributed by atoms with E-state index in [4.69, 9.17) is 34.4 Å². The van der Waals surface area contributed by atoms with Crippen molar-refractivity contribution in [2.24, 2.45) is 0 Å². The van der Waals surface area contributed by atoms with Gasteiger partial charge in [0, 0.05) is 49.0 Å². The van der Waals surface area contributed by atoms with Crippen LogP contribution in [0.2, 0.25) is 0 Å². The maximum Gasteiger partial charge on any atom is 0.158 e. The molecule has 6 heterocycles. The van der Waals surface area contributed by atoms with Gasteiger partial charge in [-0.2, -0.15) is 0 Å². The average Bonchev–Trinajstić information content (AvgIpc) is 0.736. The van der Waals surface area contributed by atoms with Crippen LogP contribution < -0.4 is 0 Å². The average molecular weight is 1980 g/mol. The molecule has 0 saturated carbocycles. The minimum absolute atomic E-state index is 0.00176. The first-order valence-electron chi connectivity index (χ1n) is 51.6. The minimum Gasteiger partial charge on any atom is -0.506 e. The second-order valence-corrected chi connectivity index (χ2v) is 40.0.